The Balaban J connectivity index is 1.55. The molecular weight excluding hydrogens is 452 g/mol. The van der Waals surface area contributed by atoms with Gasteiger partial charge in [0.2, 0.25) is 0 Å². The van der Waals surface area contributed by atoms with Crippen LogP contribution in [0.5, 0.6) is 11.5 Å². The van der Waals surface area contributed by atoms with Crippen molar-refractivity contribution in [1.82, 2.24) is 10.6 Å². The Morgan fingerprint density at radius 2 is 1.61 bits per heavy atom. The lowest BCUT2D eigenvalue weighted by molar-refractivity contribution is -0.120. The van der Waals surface area contributed by atoms with Gasteiger partial charge in [-0.05, 0) is 42.3 Å². The predicted octanol–water partition coefficient (Wildman–Crippen LogP) is 5.90. The minimum absolute atomic E-state index is 0.0283. The number of benzene rings is 3. The second-order valence-electron chi connectivity index (χ2n) is 9.26. The van der Waals surface area contributed by atoms with Crippen LogP contribution in [0.1, 0.15) is 47.9 Å². The van der Waals surface area contributed by atoms with Crippen LogP contribution in [0.2, 0.25) is 5.02 Å². The van der Waals surface area contributed by atoms with E-state index in [1.807, 2.05) is 18.2 Å². The molecule has 3 aromatic carbocycles. The first-order chi connectivity index (χ1) is 16.1. The van der Waals surface area contributed by atoms with Gasteiger partial charge in [-0.3, -0.25) is 0 Å². The lowest BCUT2D eigenvalue weighted by atomic mass is 9.60. The largest absolute Gasteiger partial charge is 0.506 e. The highest BCUT2D eigenvalue weighted by Gasteiger charge is 2.60. The van der Waals surface area contributed by atoms with E-state index >= 15 is 0 Å². The van der Waals surface area contributed by atoms with Crippen molar-refractivity contribution in [2.45, 2.75) is 36.9 Å². The molecule has 0 radical (unpaired) electrons. The number of phenols is 1. The third-order valence-corrected chi connectivity index (χ3v) is 8.07. The molecule has 3 aliphatic rings. The average Bonchev–Trinajstić information content (AvgIpc) is 2.83. The standard InChI is InChI=1S/C27H25ClN2O2S/c28-21-14-18-23(15-22(21)31)32-27-19(24(18)16-8-3-1-4-9-16)12-7-13-20(27)25(29-26(33)30-27)17-10-5-2-6-11-17/h1-6,8-11,14-15,19-20,24-25,31H,7,12-13H2,(H2,29,30,33)/t19-,20-,24+,25+,27-/m1/s1. The summed E-state index contributed by atoms with van der Waals surface area (Å²) in [6.45, 7) is 0. The average molecular weight is 477 g/mol. The van der Waals surface area contributed by atoms with Crippen molar-refractivity contribution in [2.24, 2.45) is 11.8 Å². The summed E-state index contributed by atoms with van der Waals surface area (Å²) >= 11 is 12.1. The maximum absolute atomic E-state index is 10.4. The zero-order chi connectivity index (χ0) is 22.6. The van der Waals surface area contributed by atoms with Crippen molar-refractivity contribution in [3.05, 3.63) is 94.5 Å². The number of phenolic OH excluding ortho intramolecular Hbond substituents is 1. The van der Waals surface area contributed by atoms with E-state index < -0.39 is 5.72 Å². The number of aromatic hydroxyl groups is 1. The Morgan fingerprint density at radius 3 is 2.33 bits per heavy atom. The predicted molar refractivity (Wildman–Crippen MR) is 134 cm³/mol. The number of halogens is 1. The summed E-state index contributed by atoms with van der Waals surface area (Å²) in [5, 5.41) is 18.5. The number of nitrogens with one attached hydrogen (secondary N) is 2. The van der Waals surface area contributed by atoms with Gasteiger partial charge in [0.25, 0.3) is 0 Å². The first kappa shape index (κ1) is 20.8. The third-order valence-electron chi connectivity index (χ3n) is 7.54. The molecule has 33 heavy (non-hydrogen) atoms. The molecule has 0 aromatic heterocycles. The summed E-state index contributed by atoms with van der Waals surface area (Å²) in [6, 6.07) is 24.6. The van der Waals surface area contributed by atoms with Crippen LogP contribution < -0.4 is 15.4 Å². The molecule has 2 fully saturated rings. The molecule has 3 N–H and O–H groups in total. The van der Waals surface area contributed by atoms with Crippen molar-refractivity contribution < 1.29 is 9.84 Å². The van der Waals surface area contributed by atoms with Gasteiger partial charge < -0.3 is 20.5 Å². The summed E-state index contributed by atoms with van der Waals surface area (Å²) in [5.41, 5.74) is 2.75. The fourth-order valence-corrected chi connectivity index (χ4v) is 6.70. The molecule has 1 saturated heterocycles. The summed E-state index contributed by atoms with van der Waals surface area (Å²) < 4.78 is 6.88. The topological polar surface area (TPSA) is 53.5 Å². The van der Waals surface area contributed by atoms with Gasteiger partial charge >= 0.3 is 0 Å². The van der Waals surface area contributed by atoms with Gasteiger partial charge in [0, 0.05) is 29.4 Å². The highest BCUT2D eigenvalue weighted by Crippen LogP contribution is 2.58. The van der Waals surface area contributed by atoms with E-state index in [-0.39, 0.29) is 29.5 Å². The molecule has 0 unspecified atom stereocenters. The monoisotopic (exact) mass is 476 g/mol. The van der Waals surface area contributed by atoms with E-state index in [2.05, 4.69) is 59.2 Å². The molecule has 5 atom stereocenters. The molecule has 3 aromatic rings. The van der Waals surface area contributed by atoms with E-state index in [9.17, 15) is 5.11 Å². The molecular formula is C27H25ClN2O2S. The van der Waals surface area contributed by atoms with Crippen molar-refractivity contribution in [1.29, 1.82) is 0 Å². The lowest BCUT2D eigenvalue weighted by Gasteiger charge is -2.59. The normalized spacial score (nSPS) is 30.0. The van der Waals surface area contributed by atoms with Crippen LogP contribution in [0.25, 0.3) is 0 Å². The van der Waals surface area contributed by atoms with Gasteiger partial charge in [0.1, 0.15) is 11.5 Å². The van der Waals surface area contributed by atoms with E-state index in [1.54, 1.807) is 6.07 Å². The maximum atomic E-state index is 10.4. The van der Waals surface area contributed by atoms with E-state index in [4.69, 9.17) is 28.6 Å². The van der Waals surface area contributed by atoms with Crippen LogP contribution in [0, 0.1) is 11.8 Å². The third kappa shape index (κ3) is 3.29. The fourth-order valence-electron chi connectivity index (χ4n) is 6.24. The molecule has 1 aliphatic carbocycles. The summed E-state index contributed by atoms with van der Waals surface area (Å²) in [4.78, 5) is 0. The number of rotatable bonds is 2. The Hall–Kier alpha value is -2.76. The van der Waals surface area contributed by atoms with Gasteiger partial charge in [-0.25, -0.2) is 0 Å². The van der Waals surface area contributed by atoms with Crippen molar-refractivity contribution in [2.75, 3.05) is 0 Å². The number of hydrogen-bond donors (Lipinski definition) is 3. The molecule has 6 rings (SSSR count). The zero-order valence-electron chi connectivity index (χ0n) is 18.0. The Labute approximate surface area is 203 Å². The van der Waals surface area contributed by atoms with Crippen molar-refractivity contribution in [3.8, 4) is 11.5 Å². The van der Waals surface area contributed by atoms with Crippen LogP contribution in [0.15, 0.2) is 72.8 Å². The van der Waals surface area contributed by atoms with E-state index in [0.717, 1.165) is 24.8 Å². The smallest absolute Gasteiger partial charge is 0.191 e. The van der Waals surface area contributed by atoms with Gasteiger partial charge in [-0.2, -0.15) is 0 Å². The molecule has 1 saturated carbocycles. The molecule has 2 aliphatic heterocycles. The molecule has 1 spiro atoms. The molecule has 168 valence electrons. The Morgan fingerprint density at radius 1 is 0.939 bits per heavy atom. The first-order valence-electron chi connectivity index (χ1n) is 11.5. The number of ether oxygens (including phenoxy) is 1. The number of fused-ring (bicyclic) bond motifs is 1. The van der Waals surface area contributed by atoms with Crippen LogP contribution in [-0.2, 0) is 0 Å². The van der Waals surface area contributed by atoms with Gasteiger partial charge in [0.15, 0.2) is 10.8 Å². The Kier molecular flexibility index (Phi) is 5.00. The fraction of sp³-hybridized carbons (Fsp3) is 0.296. The molecule has 6 heteroatoms. The van der Waals surface area contributed by atoms with Crippen LogP contribution >= 0.6 is 23.8 Å². The highest BCUT2D eigenvalue weighted by atomic mass is 35.5. The quantitative estimate of drug-likeness (QED) is 0.402. The van der Waals surface area contributed by atoms with Crippen molar-refractivity contribution in [3.63, 3.8) is 0 Å². The number of thiocarbonyl (C=S) groups is 1. The first-order valence-corrected chi connectivity index (χ1v) is 12.3. The molecule has 2 heterocycles. The molecule has 0 bridgehead atoms. The van der Waals surface area contributed by atoms with E-state index in [1.165, 1.54) is 11.1 Å². The highest BCUT2D eigenvalue weighted by molar-refractivity contribution is 7.80. The summed E-state index contributed by atoms with van der Waals surface area (Å²) in [5.74, 6) is 1.07. The van der Waals surface area contributed by atoms with Crippen LogP contribution in [0.4, 0.5) is 0 Å². The van der Waals surface area contributed by atoms with Gasteiger partial charge in [0.05, 0.1) is 11.1 Å². The lowest BCUT2D eigenvalue weighted by Crippen LogP contribution is -2.73. The minimum Gasteiger partial charge on any atom is -0.506 e. The molecule has 4 nitrogen and oxygen atoms in total. The SMILES string of the molecule is Oc1cc2c(cc1Cl)[C@H](c1ccccc1)[C@H]1CCC[C@@H]3[C@H](c4ccccc4)NC(=S)N[C@@]13O2. The van der Waals surface area contributed by atoms with Crippen LogP contribution in [0.3, 0.4) is 0 Å². The molecule has 0 amide bonds. The van der Waals surface area contributed by atoms with Crippen molar-refractivity contribution >= 4 is 28.9 Å². The van der Waals surface area contributed by atoms with Gasteiger partial charge in [-0.1, -0.05) is 78.7 Å². The summed E-state index contributed by atoms with van der Waals surface area (Å²) in [6.07, 6.45) is 3.12. The Bertz CT molecular complexity index is 1210. The number of hydrogen-bond acceptors (Lipinski definition) is 3. The van der Waals surface area contributed by atoms with E-state index in [0.29, 0.717) is 15.9 Å². The van der Waals surface area contributed by atoms with Gasteiger partial charge in [-0.15, -0.1) is 0 Å². The second-order valence-corrected chi connectivity index (χ2v) is 10.1. The second kappa shape index (κ2) is 7.93. The maximum Gasteiger partial charge on any atom is 0.191 e. The van der Waals surface area contributed by atoms with Crippen LogP contribution in [-0.4, -0.2) is 15.9 Å². The minimum atomic E-state index is -0.686. The zero-order valence-corrected chi connectivity index (χ0v) is 19.6. The summed E-state index contributed by atoms with van der Waals surface area (Å²) in [7, 11) is 0.